The lowest BCUT2D eigenvalue weighted by atomic mass is 10.0. The molecule has 0 fully saturated rings. The molecule has 1 aliphatic rings. The summed E-state index contributed by atoms with van der Waals surface area (Å²) in [6.07, 6.45) is 0.222. The van der Waals surface area contributed by atoms with Crippen molar-refractivity contribution in [1.82, 2.24) is 10.4 Å². The molecule has 0 spiro atoms. The molecule has 3 aromatic rings. The van der Waals surface area contributed by atoms with E-state index in [0.717, 1.165) is 21.9 Å². The number of nitrogens with zero attached hydrogens (tertiary/aromatic N) is 1. The largest absolute Gasteiger partial charge is 0.273 e. The Bertz CT molecular complexity index is 944. The average molecular weight is 316 g/mol. The summed E-state index contributed by atoms with van der Waals surface area (Å²) in [5.41, 5.74) is 5.08. The third-order valence-electron chi connectivity index (χ3n) is 4.35. The highest BCUT2D eigenvalue weighted by Crippen LogP contribution is 2.21. The number of hydrogen-bond acceptors (Lipinski definition) is 2. The van der Waals surface area contributed by atoms with Crippen molar-refractivity contribution in [2.45, 2.75) is 13.0 Å². The lowest BCUT2D eigenvalue weighted by molar-refractivity contribution is -0.133. The van der Waals surface area contributed by atoms with Gasteiger partial charge in [0.25, 0.3) is 5.91 Å². The van der Waals surface area contributed by atoms with Gasteiger partial charge in [0.1, 0.15) is 0 Å². The number of hydrazine groups is 1. The first-order chi connectivity index (χ1) is 11.7. The minimum atomic E-state index is -0.239. The van der Waals surface area contributed by atoms with Gasteiger partial charge in [-0.1, -0.05) is 60.7 Å². The Labute approximate surface area is 139 Å². The number of carbonyl (C=O) groups is 2. The minimum Gasteiger partial charge on any atom is -0.273 e. The van der Waals surface area contributed by atoms with Crippen molar-refractivity contribution in [3.63, 3.8) is 0 Å². The molecule has 3 aromatic carbocycles. The second kappa shape index (κ2) is 5.81. The summed E-state index contributed by atoms with van der Waals surface area (Å²) in [4.78, 5) is 25.0. The Morgan fingerprint density at radius 2 is 1.62 bits per heavy atom. The van der Waals surface area contributed by atoms with Crippen LogP contribution < -0.4 is 5.43 Å². The molecule has 4 heteroatoms. The number of nitrogens with one attached hydrogen (secondary N) is 1. The molecule has 0 aliphatic carbocycles. The molecule has 4 rings (SSSR count). The lowest BCUT2D eigenvalue weighted by Gasteiger charge is -2.22. The van der Waals surface area contributed by atoms with E-state index < -0.39 is 0 Å². The van der Waals surface area contributed by atoms with Gasteiger partial charge in [0, 0.05) is 5.56 Å². The van der Waals surface area contributed by atoms with Crippen molar-refractivity contribution in [1.29, 1.82) is 0 Å². The van der Waals surface area contributed by atoms with E-state index in [1.54, 1.807) is 6.07 Å². The second-order valence-electron chi connectivity index (χ2n) is 5.89. The second-order valence-corrected chi connectivity index (χ2v) is 5.89. The Hall–Kier alpha value is -3.14. The van der Waals surface area contributed by atoms with Crippen LogP contribution in [0.25, 0.3) is 10.8 Å². The molecule has 0 aromatic heterocycles. The molecular formula is C20H16N2O2. The predicted molar refractivity (Wildman–Crippen MR) is 92.1 cm³/mol. The summed E-state index contributed by atoms with van der Waals surface area (Å²) in [7, 11) is 0. The normalized spacial score (nSPS) is 14.2. The SMILES string of the molecule is O=C1NN(Cc2cccc3ccccc23)C(=O)Cc2ccccc21. The molecule has 0 radical (unpaired) electrons. The van der Waals surface area contributed by atoms with E-state index in [0.29, 0.717) is 12.1 Å². The number of hydrogen-bond donors (Lipinski definition) is 1. The molecule has 1 N–H and O–H groups in total. The molecule has 118 valence electrons. The average Bonchev–Trinajstić information content (AvgIpc) is 2.72. The van der Waals surface area contributed by atoms with Crippen LogP contribution in [0.15, 0.2) is 66.7 Å². The molecule has 0 bridgehead atoms. The van der Waals surface area contributed by atoms with Gasteiger partial charge < -0.3 is 0 Å². The smallest absolute Gasteiger partial charge is 0.270 e. The van der Waals surface area contributed by atoms with Crippen molar-refractivity contribution >= 4 is 22.6 Å². The van der Waals surface area contributed by atoms with Gasteiger partial charge in [0.15, 0.2) is 0 Å². The minimum absolute atomic E-state index is 0.110. The highest BCUT2D eigenvalue weighted by atomic mass is 16.2. The van der Waals surface area contributed by atoms with Gasteiger partial charge in [0.05, 0.1) is 13.0 Å². The first kappa shape index (κ1) is 14.5. The standard InChI is InChI=1S/C20H16N2O2/c23-19-12-15-7-2-4-11-18(15)20(24)21-22(19)13-16-9-5-8-14-6-1-3-10-17(14)16/h1-11H,12-13H2,(H,21,24). The molecular weight excluding hydrogens is 300 g/mol. The molecule has 0 atom stereocenters. The van der Waals surface area contributed by atoms with Gasteiger partial charge in [-0.05, 0) is 28.0 Å². The van der Waals surface area contributed by atoms with Crippen molar-refractivity contribution < 1.29 is 9.59 Å². The molecule has 4 nitrogen and oxygen atoms in total. The Morgan fingerprint density at radius 1 is 0.875 bits per heavy atom. The van der Waals surface area contributed by atoms with Gasteiger partial charge in [-0.2, -0.15) is 0 Å². The molecule has 2 amide bonds. The number of benzene rings is 3. The number of fused-ring (bicyclic) bond motifs is 2. The predicted octanol–water partition coefficient (Wildman–Crippen LogP) is 3.07. The van der Waals surface area contributed by atoms with Crippen LogP contribution in [0, 0.1) is 0 Å². The highest BCUT2D eigenvalue weighted by Gasteiger charge is 2.25. The summed E-state index contributed by atoms with van der Waals surface area (Å²) in [5.74, 6) is -0.349. The van der Waals surface area contributed by atoms with E-state index in [2.05, 4.69) is 5.43 Å². The van der Waals surface area contributed by atoms with E-state index in [-0.39, 0.29) is 18.2 Å². The zero-order chi connectivity index (χ0) is 16.5. The maximum absolute atomic E-state index is 12.6. The van der Waals surface area contributed by atoms with Crippen LogP contribution in [0.2, 0.25) is 0 Å². The van der Waals surface area contributed by atoms with Crippen LogP contribution in [-0.2, 0) is 17.8 Å². The van der Waals surface area contributed by atoms with Gasteiger partial charge >= 0.3 is 0 Å². The maximum atomic E-state index is 12.6. The number of amides is 2. The summed E-state index contributed by atoms with van der Waals surface area (Å²) in [6, 6.07) is 21.3. The van der Waals surface area contributed by atoms with Crippen LogP contribution in [0.5, 0.6) is 0 Å². The van der Waals surface area contributed by atoms with E-state index in [4.69, 9.17) is 0 Å². The Balaban J connectivity index is 1.68. The van der Waals surface area contributed by atoms with E-state index in [9.17, 15) is 9.59 Å². The van der Waals surface area contributed by atoms with Gasteiger partial charge in [0.2, 0.25) is 5.91 Å². The summed E-state index contributed by atoms with van der Waals surface area (Å²) >= 11 is 0. The first-order valence-electron chi connectivity index (χ1n) is 7.88. The van der Waals surface area contributed by atoms with Crippen LogP contribution in [-0.4, -0.2) is 16.8 Å². The third-order valence-corrected chi connectivity index (χ3v) is 4.35. The maximum Gasteiger partial charge on any atom is 0.270 e. The van der Waals surface area contributed by atoms with Crippen LogP contribution in [0.4, 0.5) is 0 Å². The molecule has 1 aliphatic heterocycles. The van der Waals surface area contributed by atoms with Gasteiger partial charge in [-0.3, -0.25) is 15.0 Å². The topological polar surface area (TPSA) is 49.4 Å². The molecule has 0 saturated heterocycles. The fourth-order valence-electron chi connectivity index (χ4n) is 3.13. The van der Waals surface area contributed by atoms with Crippen molar-refractivity contribution in [3.05, 3.63) is 83.4 Å². The molecule has 0 unspecified atom stereocenters. The number of rotatable bonds is 2. The van der Waals surface area contributed by atoms with Crippen molar-refractivity contribution in [2.75, 3.05) is 0 Å². The zero-order valence-corrected chi connectivity index (χ0v) is 13.0. The van der Waals surface area contributed by atoms with Crippen molar-refractivity contribution in [3.8, 4) is 0 Å². The Kier molecular flexibility index (Phi) is 3.50. The van der Waals surface area contributed by atoms with Crippen LogP contribution in [0.1, 0.15) is 21.5 Å². The fourth-order valence-corrected chi connectivity index (χ4v) is 3.13. The van der Waals surface area contributed by atoms with Crippen LogP contribution >= 0.6 is 0 Å². The fraction of sp³-hybridized carbons (Fsp3) is 0.100. The lowest BCUT2D eigenvalue weighted by Crippen LogP contribution is -2.44. The van der Waals surface area contributed by atoms with Crippen molar-refractivity contribution in [2.24, 2.45) is 0 Å². The third kappa shape index (κ3) is 2.52. The van der Waals surface area contributed by atoms with Crippen LogP contribution in [0.3, 0.4) is 0 Å². The molecule has 24 heavy (non-hydrogen) atoms. The molecule has 0 saturated carbocycles. The first-order valence-corrected chi connectivity index (χ1v) is 7.88. The summed E-state index contributed by atoms with van der Waals surface area (Å²) in [5, 5.41) is 3.63. The Morgan fingerprint density at radius 3 is 2.54 bits per heavy atom. The summed E-state index contributed by atoms with van der Waals surface area (Å²) < 4.78 is 0. The van der Waals surface area contributed by atoms with E-state index >= 15 is 0 Å². The highest BCUT2D eigenvalue weighted by molar-refractivity contribution is 6.00. The quantitative estimate of drug-likeness (QED) is 0.790. The molecule has 1 heterocycles. The van der Waals surface area contributed by atoms with E-state index in [1.807, 2.05) is 60.7 Å². The monoisotopic (exact) mass is 316 g/mol. The number of carbonyl (C=O) groups excluding carboxylic acids is 2. The van der Waals surface area contributed by atoms with Gasteiger partial charge in [-0.15, -0.1) is 0 Å². The zero-order valence-electron chi connectivity index (χ0n) is 13.0. The summed E-state index contributed by atoms with van der Waals surface area (Å²) in [6.45, 7) is 0.347. The van der Waals surface area contributed by atoms with E-state index in [1.165, 1.54) is 5.01 Å². The van der Waals surface area contributed by atoms with Gasteiger partial charge in [-0.25, -0.2) is 5.01 Å².